The zero-order valence-corrected chi connectivity index (χ0v) is 17.4. The van der Waals surface area contributed by atoms with Gasteiger partial charge >= 0.3 is 6.18 Å². The second-order valence-corrected chi connectivity index (χ2v) is 7.08. The molecule has 2 aromatic carbocycles. The fourth-order valence-electron chi connectivity index (χ4n) is 2.83. The number of nitrogens with zero attached hydrogens (tertiary/aromatic N) is 2. The number of benzene rings is 2. The highest BCUT2D eigenvalue weighted by Gasteiger charge is 2.31. The van der Waals surface area contributed by atoms with Gasteiger partial charge in [-0.1, -0.05) is 12.1 Å². The molecule has 10 heteroatoms. The third-order valence-electron chi connectivity index (χ3n) is 4.49. The molecule has 3 rings (SSSR count). The van der Waals surface area contributed by atoms with Gasteiger partial charge in [-0.15, -0.1) is 0 Å². The van der Waals surface area contributed by atoms with Crippen molar-refractivity contribution in [2.45, 2.75) is 39.3 Å². The van der Waals surface area contributed by atoms with Crippen molar-refractivity contribution in [2.75, 3.05) is 11.9 Å². The maximum Gasteiger partial charge on any atom is 0.416 e. The number of hydrogen-bond acceptors (Lipinski definition) is 5. The molecule has 0 atom stereocenters. The molecule has 6 nitrogen and oxygen atoms in total. The summed E-state index contributed by atoms with van der Waals surface area (Å²) in [6, 6.07) is 7.30. The van der Waals surface area contributed by atoms with Crippen LogP contribution in [0.15, 0.2) is 40.9 Å². The molecule has 1 amide bonds. The highest BCUT2D eigenvalue weighted by molar-refractivity contribution is 5.92. The average molecular weight is 451 g/mol. The van der Waals surface area contributed by atoms with Gasteiger partial charge in [0.25, 0.3) is 0 Å². The third-order valence-corrected chi connectivity index (χ3v) is 4.49. The lowest BCUT2D eigenvalue weighted by atomic mass is 10.1. The van der Waals surface area contributed by atoms with E-state index in [2.05, 4.69) is 15.5 Å². The van der Waals surface area contributed by atoms with Crippen molar-refractivity contribution in [3.05, 3.63) is 59.2 Å². The fourth-order valence-corrected chi connectivity index (χ4v) is 2.83. The van der Waals surface area contributed by atoms with E-state index in [1.165, 1.54) is 18.2 Å². The highest BCUT2D eigenvalue weighted by atomic mass is 19.4. The van der Waals surface area contributed by atoms with E-state index in [-0.39, 0.29) is 41.8 Å². The first-order valence-electron chi connectivity index (χ1n) is 9.90. The summed E-state index contributed by atoms with van der Waals surface area (Å²) in [6.07, 6.45) is -3.93. The Morgan fingerprint density at radius 2 is 1.97 bits per heavy atom. The molecule has 0 bridgehead atoms. The summed E-state index contributed by atoms with van der Waals surface area (Å²) in [4.78, 5) is 16.5. The van der Waals surface area contributed by atoms with Crippen LogP contribution >= 0.6 is 0 Å². The van der Waals surface area contributed by atoms with Gasteiger partial charge in [0.15, 0.2) is 0 Å². The van der Waals surface area contributed by atoms with Gasteiger partial charge in [-0.2, -0.15) is 18.2 Å². The van der Waals surface area contributed by atoms with Gasteiger partial charge in [0.1, 0.15) is 11.6 Å². The van der Waals surface area contributed by atoms with E-state index in [0.29, 0.717) is 24.2 Å². The maximum atomic E-state index is 13.4. The molecule has 1 aromatic heterocycles. The lowest BCUT2D eigenvalue weighted by Gasteiger charge is -2.15. The van der Waals surface area contributed by atoms with E-state index in [4.69, 9.17) is 9.26 Å². The van der Waals surface area contributed by atoms with Crippen molar-refractivity contribution in [1.82, 2.24) is 10.1 Å². The van der Waals surface area contributed by atoms with Crippen molar-refractivity contribution in [3.63, 3.8) is 0 Å². The summed E-state index contributed by atoms with van der Waals surface area (Å²) in [5, 5.41) is 6.28. The Morgan fingerprint density at radius 1 is 1.19 bits per heavy atom. The molecule has 1 heterocycles. The van der Waals surface area contributed by atoms with E-state index < -0.39 is 17.6 Å². The Bertz CT molecular complexity index is 1100. The predicted molar refractivity (Wildman–Crippen MR) is 109 cm³/mol. The first-order chi connectivity index (χ1) is 15.2. The van der Waals surface area contributed by atoms with Crippen LogP contribution in [0.3, 0.4) is 0 Å². The number of alkyl halides is 3. The molecule has 32 heavy (non-hydrogen) atoms. The van der Waals surface area contributed by atoms with Crippen LogP contribution in [0.2, 0.25) is 0 Å². The van der Waals surface area contributed by atoms with Gasteiger partial charge in [-0.05, 0) is 55.3 Å². The Kier molecular flexibility index (Phi) is 7.12. The smallest absolute Gasteiger partial charge is 0.416 e. The van der Waals surface area contributed by atoms with Crippen LogP contribution in [0.4, 0.5) is 23.2 Å². The van der Waals surface area contributed by atoms with Crippen LogP contribution in [0, 0.1) is 12.7 Å². The second-order valence-electron chi connectivity index (χ2n) is 7.08. The first-order valence-corrected chi connectivity index (χ1v) is 9.90. The lowest BCUT2D eigenvalue weighted by molar-refractivity contribution is -0.137. The molecule has 0 unspecified atom stereocenters. The van der Waals surface area contributed by atoms with Crippen LogP contribution in [-0.2, 0) is 17.4 Å². The first kappa shape index (κ1) is 23.2. The third kappa shape index (κ3) is 5.83. The van der Waals surface area contributed by atoms with Crippen molar-refractivity contribution in [2.24, 2.45) is 0 Å². The zero-order valence-electron chi connectivity index (χ0n) is 17.4. The quantitative estimate of drug-likeness (QED) is 0.454. The van der Waals surface area contributed by atoms with Crippen LogP contribution in [-0.4, -0.2) is 22.7 Å². The number of aromatic nitrogens is 2. The summed E-state index contributed by atoms with van der Waals surface area (Å²) in [6.45, 7) is 3.76. The SMILES string of the molecule is CCCOc1ccc(C(F)(F)F)cc1NC(=O)CCc1nc(-c2ccc(F)c(C)c2)no1. The monoisotopic (exact) mass is 451 g/mol. The molecule has 0 saturated heterocycles. The Hall–Kier alpha value is -3.43. The van der Waals surface area contributed by atoms with Gasteiger partial charge in [0, 0.05) is 18.4 Å². The van der Waals surface area contributed by atoms with Crippen LogP contribution in [0.25, 0.3) is 11.4 Å². The Labute approximate surface area is 181 Å². The molecule has 170 valence electrons. The van der Waals surface area contributed by atoms with E-state index in [9.17, 15) is 22.4 Å². The molecule has 0 radical (unpaired) electrons. The summed E-state index contributed by atoms with van der Waals surface area (Å²) < 4.78 is 63.1. The van der Waals surface area contributed by atoms with E-state index in [1.807, 2.05) is 6.92 Å². The number of amides is 1. The summed E-state index contributed by atoms with van der Waals surface area (Å²) in [7, 11) is 0. The van der Waals surface area contributed by atoms with Crippen molar-refractivity contribution >= 4 is 11.6 Å². The van der Waals surface area contributed by atoms with Crippen molar-refractivity contribution in [3.8, 4) is 17.1 Å². The molecule has 0 spiro atoms. The Balaban J connectivity index is 1.67. The number of halogens is 4. The second kappa shape index (κ2) is 9.80. The van der Waals surface area contributed by atoms with E-state index in [1.54, 1.807) is 13.0 Å². The summed E-state index contributed by atoms with van der Waals surface area (Å²) in [5.41, 5.74) is 0.0273. The number of ether oxygens (including phenoxy) is 1. The number of hydrogen-bond donors (Lipinski definition) is 1. The number of carbonyl (C=O) groups is 1. The minimum atomic E-state index is -4.55. The van der Waals surface area contributed by atoms with Crippen LogP contribution < -0.4 is 10.1 Å². The highest BCUT2D eigenvalue weighted by Crippen LogP contribution is 2.35. The van der Waals surface area contributed by atoms with Crippen molar-refractivity contribution < 1.29 is 31.6 Å². The largest absolute Gasteiger partial charge is 0.491 e. The normalized spacial score (nSPS) is 11.4. The molecule has 0 fully saturated rings. The predicted octanol–water partition coefficient (Wildman–Crippen LogP) is 5.56. The molecule has 0 saturated carbocycles. The maximum absolute atomic E-state index is 13.4. The van der Waals surface area contributed by atoms with Crippen LogP contribution in [0.1, 0.15) is 36.8 Å². The molecular formula is C22H21F4N3O3. The standard InChI is InChI=1S/C22H21F4N3O3/c1-3-10-31-18-7-5-15(22(24,25)26)12-17(18)27-19(30)8-9-20-28-21(29-32-20)14-4-6-16(23)13(2)11-14/h4-7,11-12H,3,8-10H2,1-2H3,(H,27,30). The van der Waals surface area contributed by atoms with Gasteiger partial charge in [0.2, 0.25) is 17.6 Å². The zero-order chi connectivity index (χ0) is 23.3. The molecule has 0 aliphatic carbocycles. The summed E-state index contributed by atoms with van der Waals surface area (Å²) in [5.74, 6) is -0.325. The fraction of sp³-hybridized carbons (Fsp3) is 0.318. The molecule has 0 aliphatic heterocycles. The lowest BCUT2D eigenvalue weighted by Crippen LogP contribution is -2.15. The molecular weight excluding hydrogens is 430 g/mol. The number of anilines is 1. The number of carbonyl (C=O) groups excluding carboxylic acids is 1. The topological polar surface area (TPSA) is 77.2 Å². The molecule has 1 N–H and O–H groups in total. The molecule has 3 aromatic rings. The van der Waals surface area contributed by atoms with E-state index >= 15 is 0 Å². The number of rotatable bonds is 8. The summed E-state index contributed by atoms with van der Waals surface area (Å²) >= 11 is 0. The van der Waals surface area contributed by atoms with Gasteiger partial charge in [0.05, 0.1) is 17.9 Å². The number of aryl methyl sites for hydroxylation is 2. The Morgan fingerprint density at radius 3 is 2.66 bits per heavy atom. The van der Waals surface area contributed by atoms with Crippen molar-refractivity contribution in [1.29, 1.82) is 0 Å². The van der Waals surface area contributed by atoms with Gasteiger partial charge in [-0.3, -0.25) is 4.79 Å². The molecule has 0 aliphatic rings. The van der Waals surface area contributed by atoms with Crippen LogP contribution in [0.5, 0.6) is 5.75 Å². The minimum Gasteiger partial charge on any atom is -0.491 e. The van der Waals surface area contributed by atoms with Gasteiger partial charge < -0.3 is 14.6 Å². The average Bonchev–Trinajstić information content (AvgIpc) is 3.21. The minimum absolute atomic E-state index is 0.0636. The van der Waals surface area contributed by atoms with Gasteiger partial charge in [-0.25, -0.2) is 4.39 Å². The number of nitrogens with one attached hydrogen (secondary N) is 1. The van der Waals surface area contributed by atoms with E-state index in [0.717, 1.165) is 12.1 Å².